The van der Waals surface area contributed by atoms with Gasteiger partial charge in [-0.2, -0.15) is 0 Å². The lowest BCUT2D eigenvalue weighted by molar-refractivity contribution is -0.137. The third-order valence-electron chi connectivity index (χ3n) is 7.73. The third-order valence-corrected chi connectivity index (χ3v) is 7.73. The number of carbonyl (C=O) groups is 1. The van der Waals surface area contributed by atoms with Crippen molar-refractivity contribution in [3.05, 3.63) is 90.5 Å². The van der Waals surface area contributed by atoms with Gasteiger partial charge in [0.25, 0.3) is 0 Å². The van der Waals surface area contributed by atoms with E-state index < -0.39 is 0 Å². The van der Waals surface area contributed by atoms with Crippen molar-refractivity contribution in [2.75, 3.05) is 44.2 Å². The summed E-state index contributed by atoms with van der Waals surface area (Å²) in [5, 5.41) is 0. The van der Waals surface area contributed by atoms with Gasteiger partial charge in [-0.05, 0) is 74.5 Å². The lowest BCUT2D eigenvalue weighted by atomic mass is 9.95. The first-order valence-corrected chi connectivity index (χ1v) is 13.2. The molecule has 7 heteroatoms. The molecule has 2 saturated heterocycles. The van der Waals surface area contributed by atoms with Gasteiger partial charge in [0.1, 0.15) is 11.6 Å². The molecule has 6 rings (SSSR count). The number of nitrogens with zero attached hydrogens (tertiary/aromatic N) is 5. The maximum absolute atomic E-state index is 13.6. The second-order valence-corrected chi connectivity index (χ2v) is 10.0. The van der Waals surface area contributed by atoms with E-state index in [0.29, 0.717) is 12.5 Å². The molecule has 1 aromatic heterocycles. The highest BCUT2D eigenvalue weighted by Crippen LogP contribution is 2.26. The zero-order valence-electron chi connectivity index (χ0n) is 21.0. The van der Waals surface area contributed by atoms with Crippen molar-refractivity contribution in [2.45, 2.75) is 19.4 Å². The van der Waals surface area contributed by atoms with E-state index >= 15 is 0 Å². The molecule has 6 nitrogen and oxygen atoms in total. The molecule has 0 radical (unpaired) electrons. The number of imidazole rings is 1. The van der Waals surface area contributed by atoms with Crippen molar-refractivity contribution in [1.29, 1.82) is 0 Å². The van der Waals surface area contributed by atoms with Crippen LogP contribution < -0.4 is 4.90 Å². The number of amides is 1. The topological polar surface area (TPSA) is 44.6 Å². The van der Waals surface area contributed by atoms with Crippen LogP contribution in [0.1, 0.15) is 18.7 Å². The second kappa shape index (κ2) is 10.3. The Labute approximate surface area is 216 Å². The van der Waals surface area contributed by atoms with E-state index in [2.05, 4.69) is 49.6 Å². The molecular weight excluding hydrogens is 465 g/mol. The van der Waals surface area contributed by atoms with Gasteiger partial charge in [-0.3, -0.25) is 14.3 Å². The number of halogens is 1. The van der Waals surface area contributed by atoms with Crippen LogP contribution in [0.3, 0.4) is 0 Å². The Morgan fingerprint density at radius 2 is 1.46 bits per heavy atom. The Kier molecular flexibility index (Phi) is 6.62. The molecule has 0 N–H and O–H groups in total. The smallest absolute Gasteiger partial charge is 0.225 e. The van der Waals surface area contributed by atoms with Gasteiger partial charge in [0.15, 0.2) is 0 Å². The van der Waals surface area contributed by atoms with Crippen LogP contribution in [0, 0.1) is 11.7 Å². The van der Waals surface area contributed by atoms with Gasteiger partial charge >= 0.3 is 0 Å². The van der Waals surface area contributed by atoms with Crippen molar-refractivity contribution in [3.63, 3.8) is 0 Å². The van der Waals surface area contributed by atoms with E-state index in [1.807, 2.05) is 24.3 Å². The van der Waals surface area contributed by atoms with Crippen LogP contribution in [-0.2, 0) is 11.3 Å². The van der Waals surface area contributed by atoms with Crippen LogP contribution in [0.25, 0.3) is 16.7 Å². The summed E-state index contributed by atoms with van der Waals surface area (Å²) in [6.07, 6.45) is 1.74. The Bertz CT molecular complexity index is 1350. The molecule has 0 bridgehead atoms. The van der Waals surface area contributed by atoms with Gasteiger partial charge in [0.2, 0.25) is 5.91 Å². The van der Waals surface area contributed by atoms with E-state index in [9.17, 15) is 9.18 Å². The Balaban J connectivity index is 1.09. The number of fused-ring (bicyclic) bond motifs is 1. The Morgan fingerprint density at radius 3 is 2.19 bits per heavy atom. The quantitative estimate of drug-likeness (QED) is 0.400. The van der Waals surface area contributed by atoms with Crippen molar-refractivity contribution in [3.8, 4) is 5.69 Å². The minimum atomic E-state index is -0.247. The normalized spacial score (nSPS) is 17.4. The van der Waals surface area contributed by atoms with Crippen molar-refractivity contribution in [2.24, 2.45) is 5.92 Å². The highest BCUT2D eigenvalue weighted by Gasteiger charge is 2.31. The first kappa shape index (κ1) is 23.7. The Morgan fingerprint density at radius 1 is 0.784 bits per heavy atom. The minimum Gasteiger partial charge on any atom is -0.368 e. The van der Waals surface area contributed by atoms with Gasteiger partial charge < -0.3 is 9.80 Å². The summed E-state index contributed by atoms with van der Waals surface area (Å²) in [7, 11) is 0. The molecule has 0 atom stereocenters. The summed E-state index contributed by atoms with van der Waals surface area (Å²) >= 11 is 0. The van der Waals surface area contributed by atoms with Crippen LogP contribution >= 0.6 is 0 Å². The fourth-order valence-electron chi connectivity index (χ4n) is 5.68. The first-order valence-electron chi connectivity index (χ1n) is 13.2. The highest BCUT2D eigenvalue weighted by molar-refractivity contribution is 5.79. The molecular formula is C30H32FN5O. The zero-order valence-corrected chi connectivity index (χ0v) is 21.0. The van der Waals surface area contributed by atoms with Gasteiger partial charge in [-0.1, -0.05) is 30.3 Å². The molecule has 0 aliphatic carbocycles. The average molecular weight is 498 g/mol. The number of hydrogen-bond donors (Lipinski definition) is 0. The summed E-state index contributed by atoms with van der Waals surface area (Å²) < 4.78 is 15.7. The summed E-state index contributed by atoms with van der Waals surface area (Å²) in [4.78, 5) is 25.0. The minimum absolute atomic E-state index is 0.0930. The molecule has 37 heavy (non-hydrogen) atoms. The molecule has 1 amide bonds. The van der Waals surface area contributed by atoms with Crippen LogP contribution in [0.5, 0.6) is 0 Å². The molecule has 190 valence electrons. The van der Waals surface area contributed by atoms with E-state index in [1.54, 1.807) is 12.1 Å². The third kappa shape index (κ3) is 4.96. The van der Waals surface area contributed by atoms with Crippen molar-refractivity contribution < 1.29 is 9.18 Å². The van der Waals surface area contributed by atoms with E-state index in [0.717, 1.165) is 74.7 Å². The molecule has 2 aliphatic rings. The summed E-state index contributed by atoms with van der Waals surface area (Å²) in [5.41, 5.74) is 4.09. The standard InChI is InChI=1S/C30H32FN5O/c31-24-10-12-26(13-11-24)36-28-9-5-4-8-27(28)32-29(36)22-33-16-14-23(15-17-33)30(37)35-20-18-34(19-21-35)25-6-2-1-3-7-25/h1-13,23H,14-22H2. The number of piperazine rings is 1. The van der Waals surface area contributed by atoms with Crippen molar-refractivity contribution in [1.82, 2.24) is 19.4 Å². The second-order valence-electron chi connectivity index (χ2n) is 10.0. The zero-order chi connectivity index (χ0) is 25.2. The number of likely N-dealkylation sites (tertiary alicyclic amines) is 1. The molecule has 0 saturated carbocycles. The summed E-state index contributed by atoms with van der Waals surface area (Å²) in [6, 6.07) is 25.1. The molecule has 4 aromatic rings. The van der Waals surface area contributed by atoms with Crippen LogP contribution in [-0.4, -0.2) is 64.5 Å². The SMILES string of the molecule is O=C(C1CCN(Cc2nc3ccccc3n2-c2ccc(F)cc2)CC1)N1CCN(c2ccccc2)CC1. The molecule has 2 fully saturated rings. The lowest BCUT2D eigenvalue weighted by Crippen LogP contribution is -2.51. The van der Waals surface area contributed by atoms with Crippen LogP contribution in [0.4, 0.5) is 10.1 Å². The largest absolute Gasteiger partial charge is 0.368 e. The van der Waals surface area contributed by atoms with Gasteiger partial charge in [-0.25, -0.2) is 9.37 Å². The van der Waals surface area contributed by atoms with Crippen LogP contribution in [0.15, 0.2) is 78.9 Å². The van der Waals surface area contributed by atoms with E-state index in [4.69, 9.17) is 4.98 Å². The Hall–Kier alpha value is -3.71. The van der Waals surface area contributed by atoms with Gasteiger partial charge in [0, 0.05) is 43.5 Å². The monoisotopic (exact) mass is 497 g/mol. The van der Waals surface area contributed by atoms with Gasteiger partial charge in [0.05, 0.1) is 17.6 Å². The fraction of sp³-hybridized carbons (Fsp3) is 0.333. The predicted molar refractivity (Wildman–Crippen MR) is 144 cm³/mol. The maximum Gasteiger partial charge on any atom is 0.225 e. The number of rotatable bonds is 5. The molecule has 0 spiro atoms. The summed E-state index contributed by atoms with van der Waals surface area (Å²) in [5.74, 6) is 1.10. The fourth-order valence-corrected chi connectivity index (χ4v) is 5.68. The predicted octanol–water partition coefficient (Wildman–Crippen LogP) is 4.73. The van der Waals surface area contributed by atoms with E-state index in [1.165, 1.54) is 17.8 Å². The number of hydrogen-bond acceptors (Lipinski definition) is 4. The van der Waals surface area contributed by atoms with E-state index in [-0.39, 0.29) is 11.7 Å². The molecule has 0 unspecified atom stereocenters. The number of carbonyl (C=O) groups excluding carboxylic acids is 1. The first-order chi connectivity index (χ1) is 18.2. The van der Waals surface area contributed by atoms with Crippen LogP contribution in [0.2, 0.25) is 0 Å². The maximum atomic E-state index is 13.6. The molecule has 2 aliphatic heterocycles. The number of benzene rings is 3. The highest BCUT2D eigenvalue weighted by atomic mass is 19.1. The number of para-hydroxylation sites is 3. The van der Waals surface area contributed by atoms with Crippen molar-refractivity contribution >= 4 is 22.6 Å². The lowest BCUT2D eigenvalue weighted by Gasteiger charge is -2.39. The number of aromatic nitrogens is 2. The average Bonchev–Trinajstić information content (AvgIpc) is 3.32. The number of anilines is 1. The number of piperidine rings is 1. The molecule has 3 aromatic carbocycles. The van der Waals surface area contributed by atoms with Gasteiger partial charge in [-0.15, -0.1) is 0 Å². The summed E-state index contributed by atoms with van der Waals surface area (Å²) in [6.45, 7) is 5.77. The molecule has 3 heterocycles.